The van der Waals surface area contributed by atoms with Crippen molar-refractivity contribution in [2.45, 2.75) is 37.8 Å². The third kappa shape index (κ3) is 4.23. The average Bonchev–Trinajstić information content (AvgIpc) is 2.90. The summed E-state index contributed by atoms with van der Waals surface area (Å²) >= 11 is 0. The van der Waals surface area contributed by atoms with E-state index in [9.17, 15) is 4.79 Å². The van der Waals surface area contributed by atoms with Gasteiger partial charge in [-0.05, 0) is 39.3 Å². The maximum atomic E-state index is 11.8. The number of amides is 1. The number of piperidine rings is 1. The Labute approximate surface area is 109 Å². The van der Waals surface area contributed by atoms with E-state index in [1.807, 2.05) is 7.05 Å². The van der Waals surface area contributed by atoms with Crippen molar-refractivity contribution in [2.75, 3.05) is 39.8 Å². The molecule has 5 heteroatoms. The summed E-state index contributed by atoms with van der Waals surface area (Å²) in [6, 6.07) is 0.493. The summed E-state index contributed by atoms with van der Waals surface area (Å²) in [6.45, 7) is 4.09. The molecule has 2 aliphatic rings. The van der Waals surface area contributed by atoms with Gasteiger partial charge >= 0.3 is 0 Å². The lowest BCUT2D eigenvalue weighted by atomic mass is 10.1. The number of nitrogens with zero attached hydrogens (tertiary/aromatic N) is 1. The predicted molar refractivity (Wildman–Crippen MR) is 70.5 cm³/mol. The van der Waals surface area contributed by atoms with Gasteiger partial charge in [0.25, 0.3) is 0 Å². The number of rotatable bonds is 5. The second kappa shape index (κ2) is 7.07. The van der Waals surface area contributed by atoms with Crippen LogP contribution in [0.25, 0.3) is 0 Å². The van der Waals surface area contributed by atoms with E-state index in [-0.39, 0.29) is 12.0 Å². The minimum absolute atomic E-state index is 0.110. The molecule has 0 bridgehead atoms. The van der Waals surface area contributed by atoms with Crippen LogP contribution in [0.4, 0.5) is 0 Å². The first-order valence-corrected chi connectivity index (χ1v) is 7.05. The SMILES string of the molecule is CN(CC(=O)NCC1CCCO1)C1CCCNC1. The molecular weight excluding hydrogens is 230 g/mol. The molecule has 2 heterocycles. The van der Waals surface area contributed by atoms with Gasteiger partial charge in [0.05, 0.1) is 12.6 Å². The maximum Gasteiger partial charge on any atom is 0.234 e. The van der Waals surface area contributed by atoms with E-state index in [1.54, 1.807) is 0 Å². The van der Waals surface area contributed by atoms with Gasteiger partial charge in [0.15, 0.2) is 0 Å². The number of hydrogen-bond donors (Lipinski definition) is 2. The molecule has 0 radical (unpaired) electrons. The van der Waals surface area contributed by atoms with Crippen LogP contribution in [0, 0.1) is 0 Å². The Kier molecular flexibility index (Phi) is 5.41. The summed E-state index contributed by atoms with van der Waals surface area (Å²) in [4.78, 5) is 14.0. The maximum absolute atomic E-state index is 11.8. The van der Waals surface area contributed by atoms with Gasteiger partial charge in [-0.3, -0.25) is 9.69 Å². The summed E-state index contributed by atoms with van der Waals surface area (Å²) in [7, 11) is 2.03. The number of ether oxygens (including phenoxy) is 1. The topological polar surface area (TPSA) is 53.6 Å². The molecule has 2 fully saturated rings. The summed E-state index contributed by atoms with van der Waals surface area (Å²) in [5.74, 6) is 0.110. The van der Waals surface area contributed by atoms with Crippen molar-refractivity contribution in [1.29, 1.82) is 0 Å². The minimum Gasteiger partial charge on any atom is -0.376 e. The Balaban J connectivity index is 1.62. The summed E-state index contributed by atoms with van der Waals surface area (Å²) in [5.41, 5.74) is 0. The highest BCUT2D eigenvalue weighted by Crippen LogP contribution is 2.11. The molecule has 2 rings (SSSR count). The first-order valence-electron chi connectivity index (χ1n) is 7.05. The number of likely N-dealkylation sites (N-methyl/N-ethyl adjacent to an activating group) is 1. The van der Waals surface area contributed by atoms with Crippen molar-refractivity contribution in [1.82, 2.24) is 15.5 Å². The van der Waals surface area contributed by atoms with Crippen LogP contribution in [0.2, 0.25) is 0 Å². The minimum atomic E-state index is 0.110. The lowest BCUT2D eigenvalue weighted by molar-refractivity contribution is -0.123. The summed E-state index contributed by atoms with van der Waals surface area (Å²) < 4.78 is 5.49. The van der Waals surface area contributed by atoms with Gasteiger partial charge in [0.2, 0.25) is 5.91 Å². The van der Waals surface area contributed by atoms with Crippen LogP contribution in [-0.2, 0) is 9.53 Å². The number of carbonyl (C=O) groups is 1. The Hall–Kier alpha value is -0.650. The van der Waals surface area contributed by atoms with Crippen LogP contribution >= 0.6 is 0 Å². The fourth-order valence-corrected chi connectivity index (χ4v) is 2.65. The largest absolute Gasteiger partial charge is 0.376 e. The van der Waals surface area contributed by atoms with Gasteiger partial charge in [0, 0.05) is 25.7 Å². The molecular formula is C13H25N3O2. The van der Waals surface area contributed by atoms with Gasteiger partial charge in [-0.1, -0.05) is 0 Å². The van der Waals surface area contributed by atoms with E-state index in [0.717, 1.165) is 32.5 Å². The molecule has 0 spiro atoms. The van der Waals surface area contributed by atoms with Gasteiger partial charge in [0.1, 0.15) is 0 Å². The molecule has 104 valence electrons. The zero-order chi connectivity index (χ0) is 12.8. The molecule has 5 nitrogen and oxygen atoms in total. The van der Waals surface area contributed by atoms with E-state index in [2.05, 4.69) is 15.5 Å². The van der Waals surface area contributed by atoms with E-state index < -0.39 is 0 Å². The molecule has 0 saturated carbocycles. The van der Waals surface area contributed by atoms with Gasteiger partial charge in [-0.2, -0.15) is 0 Å². The molecule has 2 atom stereocenters. The van der Waals surface area contributed by atoms with Crippen LogP contribution in [0.3, 0.4) is 0 Å². The average molecular weight is 255 g/mol. The Morgan fingerprint density at radius 3 is 3.00 bits per heavy atom. The van der Waals surface area contributed by atoms with E-state index in [0.29, 0.717) is 19.1 Å². The molecule has 0 aromatic carbocycles. The number of carbonyl (C=O) groups excluding carboxylic acids is 1. The van der Waals surface area contributed by atoms with Crippen LogP contribution in [-0.4, -0.2) is 62.8 Å². The van der Waals surface area contributed by atoms with Crippen LogP contribution in [0.5, 0.6) is 0 Å². The monoisotopic (exact) mass is 255 g/mol. The smallest absolute Gasteiger partial charge is 0.234 e. The first-order chi connectivity index (χ1) is 8.75. The van der Waals surface area contributed by atoms with E-state index in [1.165, 1.54) is 12.8 Å². The van der Waals surface area contributed by atoms with Crippen LogP contribution in [0.1, 0.15) is 25.7 Å². The fourth-order valence-electron chi connectivity index (χ4n) is 2.65. The molecule has 2 aliphatic heterocycles. The van der Waals surface area contributed by atoms with Crippen molar-refractivity contribution in [3.63, 3.8) is 0 Å². The third-order valence-electron chi connectivity index (χ3n) is 3.84. The second-order valence-corrected chi connectivity index (χ2v) is 5.35. The zero-order valence-corrected chi connectivity index (χ0v) is 11.3. The van der Waals surface area contributed by atoms with Crippen LogP contribution < -0.4 is 10.6 Å². The normalized spacial score (nSPS) is 28.6. The highest BCUT2D eigenvalue weighted by molar-refractivity contribution is 5.78. The first kappa shape index (κ1) is 13.8. The molecule has 2 saturated heterocycles. The number of hydrogen-bond acceptors (Lipinski definition) is 4. The van der Waals surface area contributed by atoms with Crippen molar-refractivity contribution >= 4 is 5.91 Å². The molecule has 2 N–H and O–H groups in total. The molecule has 0 aromatic rings. The summed E-state index contributed by atoms with van der Waals surface area (Å²) in [5, 5.41) is 6.34. The third-order valence-corrected chi connectivity index (χ3v) is 3.84. The summed E-state index contributed by atoms with van der Waals surface area (Å²) in [6.07, 6.45) is 4.81. The zero-order valence-electron chi connectivity index (χ0n) is 11.3. The molecule has 0 aliphatic carbocycles. The van der Waals surface area contributed by atoms with Crippen molar-refractivity contribution in [3.05, 3.63) is 0 Å². The van der Waals surface area contributed by atoms with E-state index in [4.69, 9.17) is 4.74 Å². The quantitative estimate of drug-likeness (QED) is 0.724. The standard InChI is InChI=1S/C13H25N3O2/c1-16(11-4-2-6-14-8-11)10-13(17)15-9-12-5-3-7-18-12/h11-12,14H,2-10H2,1H3,(H,15,17). The van der Waals surface area contributed by atoms with Crippen molar-refractivity contribution in [2.24, 2.45) is 0 Å². The van der Waals surface area contributed by atoms with Gasteiger partial charge < -0.3 is 15.4 Å². The highest BCUT2D eigenvalue weighted by atomic mass is 16.5. The second-order valence-electron chi connectivity index (χ2n) is 5.35. The lowest BCUT2D eigenvalue weighted by Gasteiger charge is -2.31. The Morgan fingerprint density at radius 2 is 2.33 bits per heavy atom. The van der Waals surface area contributed by atoms with Gasteiger partial charge in [-0.15, -0.1) is 0 Å². The van der Waals surface area contributed by atoms with Crippen LogP contribution in [0.15, 0.2) is 0 Å². The molecule has 18 heavy (non-hydrogen) atoms. The Bertz CT molecular complexity index is 261. The highest BCUT2D eigenvalue weighted by Gasteiger charge is 2.20. The number of nitrogens with one attached hydrogen (secondary N) is 2. The van der Waals surface area contributed by atoms with E-state index >= 15 is 0 Å². The molecule has 1 amide bonds. The fraction of sp³-hybridized carbons (Fsp3) is 0.923. The molecule has 2 unspecified atom stereocenters. The predicted octanol–water partition coefficient (Wildman–Crippen LogP) is -0.0346. The lowest BCUT2D eigenvalue weighted by Crippen LogP contribution is -2.48. The van der Waals surface area contributed by atoms with Gasteiger partial charge in [-0.25, -0.2) is 0 Å². The van der Waals surface area contributed by atoms with Crippen molar-refractivity contribution in [3.8, 4) is 0 Å². The van der Waals surface area contributed by atoms with Crippen molar-refractivity contribution < 1.29 is 9.53 Å². The molecule has 0 aromatic heterocycles. The Morgan fingerprint density at radius 1 is 1.44 bits per heavy atom.